The molecule has 0 bridgehead atoms. The molecular weight excluding hydrogens is 375 g/mol. The molecule has 29 heavy (non-hydrogen) atoms. The first-order chi connectivity index (χ1) is 13.9. The largest absolute Gasteiger partial charge is 0.465 e. The molecule has 1 fully saturated rings. The predicted octanol–water partition coefficient (Wildman–Crippen LogP) is 3.85. The quantitative estimate of drug-likeness (QED) is 0.730. The monoisotopic (exact) mass is 400 g/mol. The minimum absolute atomic E-state index is 0.0968. The Bertz CT molecular complexity index is 862. The van der Waals surface area contributed by atoms with Crippen LogP contribution in [-0.2, 0) is 16.1 Å². The highest BCUT2D eigenvalue weighted by atomic mass is 19.1. The van der Waals surface area contributed by atoms with E-state index in [4.69, 9.17) is 4.74 Å². The Hall–Kier alpha value is -3.09. The van der Waals surface area contributed by atoms with Crippen LogP contribution in [0.25, 0.3) is 0 Å². The van der Waals surface area contributed by atoms with Gasteiger partial charge in [-0.15, -0.1) is 0 Å². The average molecular weight is 400 g/mol. The highest BCUT2D eigenvalue weighted by Crippen LogP contribution is 2.25. The van der Waals surface area contributed by atoms with E-state index in [1.807, 2.05) is 49.1 Å². The maximum atomic E-state index is 14.3. The van der Waals surface area contributed by atoms with Crippen LogP contribution in [-0.4, -0.2) is 49.2 Å². The minimum atomic E-state index is -0.707. The molecule has 2 aromatic rings. The van der Waals surface area contributed by atoms with Crippen LogP contribution in [0.1, 0.15) is 29.8 Å². The summed E-state index contributed by atoms with van der Waals surface area (Å²) in [5.41, 5.74) is 1.49. The van der Waals surface area contributed by atoms with E-state index in [2.05, 4.69) is 4.74 Å². The second-order valence-corrected chi connectivity index (χ2v) is 7.21. The lowest BCUT2D eigenvalue weighted by molar-refractivity contribution is 0.0590. The van der Waals surface area contributed by atoms with Crippen LogP contribution in [0.4, 0.5) is 14.9 Å². The van der Waals surface area contributed by atoms with Gasteiger partial charge in [0.25, 0.3) is 0 Å². The van der Waals surface area contributed by atoms with Gasteiger partial charge in [0.2, 0.25) is 0 Å². The summed E-state index contributed by atoms with van der Waals surface area (Å²) >= 11 is 0. The number of methoxy groups -OCH3 is 1. The molecule has 3 rings (SSSR count). The van der Waals surface area contributed by atoms with Gasteiger partial charge in [-0.1, -0.05) is 30.3 Å². The van der Waals surface area contributed by atoms with Crippen molar-refractivity contribution < 1.29 is 23.5 Å². The molecule has 0 N–H and O–H groups in total. The van der Waals surface area contributed by atoms with Crippen LogP contribution in [0.15, 0.2) is 48.5 Å². The van der Waals surface area contributed by atoms with Crippen molar-refractivity contribution in [2.24, 2.45) is 0 Å². The van der Waals surface area contributed by atoms with E-state index in [9.17, 15) is 14.0 Å². The number of hydrogen-bond donors (Lipinski definition) is 0. The molecule has 1 heterocycles. The molecule has 1 saturated heterocycles. The number of hydrogen-bond acceptors (Lipinski definition) is 5. The molecule has 1 amide bonds. The number of halogens is 1. The number of ether oxygens (including phenoxy) is 2. The molecule has 0 aliphatic carbocycles. The summed E-state index contributed by atoms with van der Waals surface area (Å²) in [7, 11) is 1.22. The highest BCUT2D eigenvalue weighted by molar-refractivity contribution is 5.90. The van der Waals surface area contributed by atoms with Crippen molar-refractivity contribution >= 4 is 17.7 Å². The lowest BCUT2D eigenvalue weighted by atomic mass is 10.1. The number of carbonyl (C=O) groups is 2. The number of nitrogens with zero attached hydrogens (tertiary/aromatic N) is 2. The van der Waals surface area contributed by atoms with E-state index < -0.39 is 11.8 Å². The third-order valence-electron chi connectivity index (χ3n) is 5.06. The van der Waals surface area contributed by atoms with Gasteiger partial charge in [-0.3, -0.25) is 4.90 Å². The standard InChI is InChI=1S/C22H25FN2O4/c1-15-12-24(18-9-10-19(20(23)11-18)21(26)28-3)13-16(2)25(15)22(27)29-14-17-7-5-4-6-8-17/h4-11,15-16H,12-14H2,1-3H3/t15-,16+. The molecule has 0 spiro atoms. The summed E-state index contributed by atoms with van der Waals surface area (Å²) in [5, 5.41) is 0. The third-order valence-corrected chi connectivity index (χ3v) is 5.06. The molecular formula is C22H25FN2O4. The molecule has 1 aliphatic rings. The van der Waals surface area contributed by atoms with Crippen molar-refractivity contribution in [1.82, 2.24) is 4.90 Å². The molecule has 2 aromatic carbocycles. The second-order valence-electron chi connectivity index (χ2n) is 7.21. The SMILES string of the molecule is COC(=O)c1ccc(N2C[C@@H](C)N(C(=O)OCc3ccccc3)[C@@H](C)C2)cc1F. The first-order valence-electron chi connectivity index (χ1n) is 9.52. The Labute approximate surface area is 169 Å². The summed E-state index contributed by atoms with van der Waals surface area (Å²) in [5.74, 6) is -1.33. The van der Waals surface area contributed by atoms with Gasteiger partial charge in [-0.25, -0.2) is 14.0 Å². The lowest BCUT2D eigenvalue weighted by Crippen LogP contribution is -2.58. The van der Waals surface area contributed by atoms with Gasteiger partial charge >= 0.3 is 12.1 Å². The zero-order valence-corrected chi connectivity index (χ0v) is 16.8. The summed E-state index contributed by atoms with van der Waals surface area (Å²) in [6.45, 7) is 5.15. The average Bonchev–Trinajstić information content (AvgIpc) is 2.71. The van der Waals surface area contributed by atoms with Crippen molar-refractivity contribution in [2.75, 3.05) is 25.1 Å². The van der Waals surface area contributed by atoms with Gasteiger partial charge in [0.05, 0.1) is 24.8 Å². The molecule has 0 radical (unpaired) electrons. The van der Waals surface area contributed by atoms with Crippen molar-refractivity contribution in [3.05, 3.63) is 65.5 Å². The molecule has 154 valence electrons. The molecule has 0 aromatic heterocycles. The normalized spacial score (nSPS) is 19.0. The number of carbonyl (C=O) groups excluding carboxylic acids is 2. The Morgan fingerprint density at radius 1 is 1.07 bits per heavy atom. The summed E-state index contributed by atoms with van der Waals surface area (Å²) in [4.78, 5) is 27.9. The van der Waals surface area contributed by atoms with Crippen LogP contribution in [0, 0.1) is 5.82 Å². The summed E-state index contributed by atoms with van der Waals surface area (Å²) in [6, 6.07) is 13.7. The number of rotatable bonds is 4. The molecule has 2 atom stereocenters. The van der Waals surface area contributed by atoms with E-state index in [0.717, 1.165) is 5.56 Å². The minimum Gasteiger partial charge on any atom is -0.465 e. The smallest absolute Gasteiger partial charge is 0.410 e. The lowest BCUT2D eigenvalue weighted by Gasteiger charge is -2.44. The van der Waals surface area contributed by atoms with Crippen LogP contribution in [0.5, 0.6) is 0 Å². The Balaban J connectivity index is 1.65. The van der Waals surface area contributed by atoms with E-state index in [0.29, 0.717) is 18.8 Å². The molecule has 6 nitrogen and oxygen atoms in total. The fourth-order valence-corrected chi connectivity index (χ4v) is 3.66. The first-order valence-corrected chi connectivity index (χ1v) is 9.52. The van der Waals surface area contributed by atoms with E-state index in [-0.39, 0.29) is 30.3 Å². The molecule has 0 unspecified atom stereocenters. The van der Waals surface area contributed by atoms with E-state index >= 15 is 0 Å². The van der Waals surface area contributed by atoms with Crippen LogP contribution in [0.3, 0.4) is 0 Å². The molecule has 0 saturated carbocycles. The summed E-state index contributed by atoms with van der Waals surface area (Å²) < 4.78 is 24.4. The van der Waals surface area contributed by atoms with Gasteiger partial charge in [0.1, 0.15) is 12.4 Å². The number of anilines is 1. The highest BCUT2D eigenvalue weighted by Gasteiger charge is 2.34. The topological polar surface area (TPSA) is 59.1 Å². The number of piperazine rings is 1. The van der Waals surface area contributed by atoms with Gasteiger partial charge in [0, 0.05) is 18.8 Å². The molecule has 1 aliphatic heterocycles. The number of benzene rings is 2. The zero-order chi connectivity index (χ0) is 21.0. The van der Waals surface area contributed by atoms with Crippen LogP contribution < -0.4 is 4.90 Å². The van der Waals surface area contributed by atoms with Crippen LogP contribution >= 0.6 is 0 Å². The van der Waals surface area contributed by atoms with Gasteiger partial charge < -0.3 is 14.4 Å². The predicted molar refractivity (Wildman–Crippen MR) is 107 cm³/mol. The number of esters is 1. The maximum absolute atomic E-state index is 14.3. The maximum Gasteiger partial charge on any atom is 0.410 e. The fourth-order valence-electron chi connectivity index (χ4n) is 3.66. The van der Waals surface area contributed by atoms with E-state index in [1.165, 1.54) is 19.2 Å². The zero-order valence-electron chi connectivity index (χ0n) is 16.8. The van der Waals surface area contributed by atoms with Crippen molar-refractivity contribution in [1.29, 1.82) is 0 Å². The Kier molecular flexibility index (Phi) is 6.36. The van der Waals surface area contributed by atoms with Crippen molar-refractivity contribution in [3.63, 3.8) is 0 Å². The molecule has 7 heteroatoms. The van der Waals surface area contributed by atoms with Crippen LogP contribution in [0.2, 0.25) is 0 Å². The first kappa shape index (κ1) is 20.6. The second kappa shape index (κ2) is 8.94. The van der Waals surface area contributed by atoms with Gasteiger partial charge in [0.15, 0.2) is 0 Å². The van der Waals surface area contributed by atoms with E-state index in [1.54, 1.807) is 11.0 Å². The Morgan fingerprint density at radius 2 is 1.72 bits per heavy atom. The van der Waals surface area contributed by atoms with Crippen molar-refractivity contribution in [3.8, 4) is 0 Å². The summed E-state index contributed by atoms with van der Waals surface area (Å²) in [6.07, 6.45) is -0.360. The Morgan fingerprint density at radius 3 is 2.31 bits per heavy atom. The fraction of sp³-hybridized carbons (Fsp3) is 0.364. The van der Waals surface area contributed by atoms with Gasteiger partial charge in [-0.05, 0) is 37.6 Å². The number of amides is 1. The van der Waals surface area contributed by atoms with Crippen molar-refractivity contribution in [2.45, 2.75) is 32.5 Å². The third kappa shape index (κ3) is 4.67. The van der Waals surface area contributed by atoms with Gasteiger partial charge in [-0.2, -0.15) is 0 Å².